The second kappa shape index (κ2) is 8.58. The van der Waals surface area contributed by atoms with Crippen molar-refractivity contribution in [2.24, 2.45) is 0 Å². The number of carbonyl (C=O) groups is 2. The summed E-state index contributed by atoms with van der Waals surface area (Å²) in [5.74, 6) is -1.55. The largest absolute Gasteiger partial charge is 0.379 e. The fraction of sp³-hybridized carbons (Fsp3) is 0.300. The number of benzene rings is 2. The molecule has 1 fully saturated rings. The summed E-state index contributed by atoms with van der Waals surface area (Å²) >= 11 is 1.40. The minimum absolute atomic E-state index is 0.135. The Morgan fingerprint density at radius 3 is 2.71 bits per heavy atom. The summed E-state index contributed by atoms with van der Waals surface area (Å²) in [5, 5.41) is 5.13. The van der Waals surface area contributed by atoms with Crippen LogP contribution in [0.4, 0.5) is 15.8 Å². The van der Waals surface area contributed by atoms with Crippen molar-refractivity contribution >= 4 is 45.0 Å². The number of amides is 2. The zero-order valence-corrected chi connectivity index (χ0v) is 18.2. The number of carbonyl (C=O) groups excluding carboxylic acids is 2. The molecule has 11 heteroatoms. The normalized spacial score (nSPS) is 19.4. The van der Waals surface area contributed by atoms with Crippen LogP contribution >= 0.6 is 11.8 Å². The van der Waals surface area contributed by atoms with Gasteiger partial charge in [-0.2, -0.15) is 4.31 Å². The molecule has 164 valence electrons. The average molecular weight is 466 g/mol. The Balaban J connectivity index is 1.56. The van der Waals surface area contributed by atoms with Gasteiger partial charge in [0.2, 0.25) is 15.9 Å². The van der Waals surface area contributed by atoms with E-state index in [2.05, 4.69) is 10.6 Å². The van der Waals surface area contributed by atoms with Gasteiger partial charge in [-0.3, -0.25) is 9.59 Å². The Morgan fingerprint density at radius 1 is 1.23 bits per heavy atom. The molecule has 0 unspecified atom stereocenters. The number of anilines is 2. The van der Waals surface area contributed by atoms with Crippen LogP contribution in [-0.4, -0.2) is 56.1 Å². The first-order chi connectivity index (χ1) is 14.8. The molecule has 0 saturated carbocycles. The summed E-state index contributed by atoms with van der Waals surface area (Å²) in [6, 6.07) is 8.31. The first-order valence-electron chi connectivity index (χ1n) is 9.56. The van der Waals surface area contributed by atoms with E-state index >= 15 is 0 Å². The van der Waals surface area contributed by atoms with E-state index in [9.17, 15) is 22.4 Å². The summed E-state index contributed by atoms with van der Waals surface area (Å²) in [6.07, 6.45) is 0. The molecule has 4 rings (SSSR count). The number of nitrogens with one attached hydrogen (secondary N) is 2. The van der Waals surface area contributed by atoms with Crippen LogP contribution in [0.15, 0.2) is 46.2 Å². The van der Waals surface area contributed by atoms with Crippen molar-refractivity contribution in [1.82, 2.24) is 4.31 Å². The van der Waals surface area contributed by atoms with Gasteiger partial charge in [-0.05, 0) is 43.3 Å². The highest BCUT2D eigenvalue weighted by atomic mass is 32.2. The van der Waals surface area contributed by atoms with Gasteiger partial charge in [0.1, 0.15) is 10.7 Å². The third-order valence-electron chi connectivity index (χ3n) is 4.95. The highest BCUT2D eigenvalue weighted by molar-refractivity contribution is 8.01. The van der Waals surface area contributed by atoms with Gasteiger partial charge in [-0.15, -0.1) is 11.8 Å². The van der Waals surface area contributed by atoms with E-state index in [0.717, 1.165) is 21.3 Å². The lowest BCUT2D eigenvalue weighted by Gasteiger charge is -2.26. The molecule has 1 atom stereocenters. The SMILES string of the molecule is C[C@H]1Sc2ccc(C(=O)Nc3ccc(F)c(S(=O)(=O)N4CCOCC4)c3)cc2NC1=O. The fourth-order valence-electron chi connectivity index (χ4n) is 3.26. The Kier molecular flexibility index (Phi) is 6.02. The summed E-state index contributed by atoms with van der Waals surface area (Å²) in [7, 11) is -4.06. The van der Waals surface area contributed by atoms with Crippen LogP contribution in [0.25, 0.3) is 0 Å². The number of ether oxygens (including phenoxy) is 1. The van der Waals surface area contributed by atoms with Gasteiger partial charge in [0.15, 0.2) is 0 Å². The minimum atomic E-state index is -4.06. The van der Waals surface area contributed by atoms with Gasteiger partial charge in [0.25, 0.3) is 5.91 Å². The highest BCUT2D eigenvalue weighted by Gasteiger charge is 2.29. The van der Waals surface area contributed by atoms with Crippen LogP contribution in [0.5, 0.6) is 0 Å². The molecule has 0 aromatic heterocycles. The van der Waals surface area contributed by atoms with E-state index in [0.29, 0.717) is 5.69 Å². The van der Waals surface area contributed by atoms with Crippen molar-refractivity contribution in [3.05, 3.63) is 47.8 Å². The first kappa shape index (κ1) is 21.8. The van der Waals surface area contributed by atoms with Gasteiger partial charge >= 0.3 is 0 Å². The van der Waals surface area contributed by atoms with Crippen LogP contribution in [-0.2, 0) is 19.6 Å². The topological polar surface area (TPSA) is 105 Å². The summed E-state index contributed by atoms with van der Waals surface area (Å²) in [4.78, 5) is 24.9. The number of hydrogen-bond acceptors (Lipinski definition) is 6. The lowest BCUT2D eigenvalue weighted by Crippen LogP contribution is -2.40. The van der Waals surface area contributed by atoms with Crippen molar-refractivity contribution in [3.8, 4) is 0 Å². The Hall–Kier alpha value is -2.47. The molecule has 2 amide bonds. The number of sulfonamides is 1. The van der Waals surface area contributed by atoms with Crippen LogP contribution in [0.3, 0.4) is 0 Å². The molecule has 2 N–H and O–H groups in total. The van der Waals surface area contributed by atoms with E-state index < -0.39 is 26.6 Å². The molecule has 0 bridgehead atoms. The number of rotatable bonds is 4. The zero-order chi connectivity index (χ0) is 22.2. The van der Waals surface area contributed by atoms with Crippen molar-refractivity contribution < 1.29 is 27.1 Å². The van der Waals surface area contributed by atoms with Crippen LogP contribution in [0, 0.1) is 5.82 Å². The molecule has 1 saturated heterocycles. The van der Waals surface area contributed by atoms with Crippen molar-refractivity contribution in [3.63, 3.8) is 0 Å². The van der Waals surface area contributed by atoms with Crippen molar-refractivity contribution in [2.45, 2.75) is 22.0 Å². The number of hydrogen-bond donors (Lipinski definition) is 2. The molecule has 2 aliphatic rings. The smallest absolute Gasteiger partial charge is 0.255 e. The Labute approximate surface area is 183 Å². The predicted octanol–water partition coefficient (Wildman–Crippen LogP) is 2.53. The third kappa shape index (κ3) is 4.45. The number of morpholine rings is 1. The maximum atomic E-state index is 14.3. The van der Waals surface area contributed by atoms with Gasteiger partial charge in [-0.25, -0.2) is 12.8 Å². The molecule has 2 aromatic rings. The third-order valence-corrected chi connectivity index (χ3v) is 8.04. The van der Waals surface area contributed by atoms with Gasteiger partial charge in [0, 0.05) is 29.2 Å². The Morgan fingerprint density at radius 2 is 1.97 bits per heavy atom. The van der Waals surface area contributed by atoms with E-state index in [1.165, 1.54) is 17.8 Å². The fourth-order valence-corrected chi connectivity index (χ4v) is 5.69. The van der Waals surface area contributed by atoms with E-state index in [1.54, 1.807) is 25.1 Å². The second-order valence-electron chi connectivity index (χ2n) is 7.08. The minimum Gasteiger partial charge on any atom is -0.379 e. The van der Waals surface area contributed by atoms with E-state index in [4.69, 9.17) is 4.74 Å². The average Bonchev–Trinajstić information content (AvgIpc) is 2.76. The number of nitrogens with zero attached hydrogens (tertiary/aromatic N) is 1. The second-order valence-corrected chi connectivity index (χ2v) is 10.4. The van der Waals surface area contributed by atoms with Gasteiger partial charge < -0.3 is 15.4 Å². The summed E-state index contributed by atoms with van der Waals surface area (Å²) < 4.78 is 46.3. The summed E-state index contributed by atoms with van der Waals surface area (Å²) in [5.41, 5.74) is 0.953. The molecule has 2 heterocycles. The van der Waals surface area contributed by atoms with Crippen molar-refractivity contribution in [1.29, 1.82) is 0 Å². The predicted molar refractivity (Wildman–Crippen MR) is 114 cm³/mol. The molecule has 31 heavy (non-hydrogen) atoms. The van der Waals surface area contributed by atoms with Crippen LogP contribution in [0.2, 0.25) is 0 Å². The Bertz CT molecular complexity index is 1150. The zero-order valence-electron chi connectivity index (χ0n) is 16.6. The molecule has 8 nitrogen and oxygen atoms in total. The van der Waals surface area contributed by atoms with E-state index in [1.807, 2.05) is 0 Å². The monoisotopic (exact) mass is 465 g/mol. The lowest BCUT2D eigenvalue weighted by molar-refractivity contribution is -0.115. The molecular weight excluding hydrogens is 445 g/mol. The van der Waals surface area contributed by atoms with Crippen LogP contribution < -0.4 is 10.6 Å². The molecular formula is C20H20FN3O5S2. The van der Waals surface area contributed by atoms with E-state index in [-0.39, 0.29) is 48.7 Å². The van der Waals surface area contributed by atoms with Crippen LogP contribution in [0.1, 0.15) is 17.3 Å². The molecule has 2 aromatic carbocycles. The number of thioether (sulfide) groups is 1. The number of fused-ring (bicyclic) bond motifs is 1. The molecule has 2 aliphatic heterocycles. The summed E-state index contributed by atoms with van der Waals surface area (Å²) in [6.45, 7) is 2.54. The van der Waals surface area contributed by atoms with Gasteiger partial charge in [0.05, 0.1) is 24.2 Å². The van der Waals surface area contributed by atoms with Gasteiger partial charge in [-0.1, -0.05) is 0 Å². The lowest BCUT2D eigenvalue weighted by atomic mass is 10.1. The molecule has 0 spiro atoms. The standard InChI is InChI=1S/C20H20FN3O5S2/c1-12-19(25)23-16-10-13(2-5-17(16)30-12)20(26)22-14-3-4-15(21)18(11-14)31(27,28)24-6-8-29-9-7-24/h2-5,10-12H,6-9H2,1H3,(H,22,26)(H,23,25)/t12-/m1/s1. The molecule has 0 radical (unpaired) electrons. The number of halogens is 1. The maximum absolute atomic E-state index is 14.3. The van der Waals surface area contributed by atoms with Crippen molar-refractivity contribution in [2.75, 3.05) is 36.9 Å². The highest BCUT2D eigenvalue weighted by Crippen LogP contribution is 2.36. The molecule has 0 aliphatic carbocycles. The first-order valence-corrected chi connectivity index (χ1v) is 11.9. The maximum Gasteiger partial charge on any atom is 0.255 e. The quantitative estimate of drug-likeness (QED) is 0.719.